The molecule has 3 aromatic carbocycles. The number of rotatable bonds is 5. The van der Waals surface area contributed by atoms with E-state index in [9.17, 15) is 0 Å². The van der Waals surface area contributed by atoms with Crippen molar-refractivity contribution >= 4 is 58.0 Å². The minimum atomic E-state index is -0.0283. The molecule has 13 nitrogen and oxygen atoms in total. The molecule has 232 valence electrons. The Hall–Kier alpha value is -5.38. The largest absolute Gasteiger partial charge is 0.276 e. The van der Waals surface area contributed by atoms with Crippen molar-refractivity contribution in [1.29, 1.82) is 0 Å². The lowest BCUT2D eigenvalue weighted by molar-refractivity contribution is 0.591. The van der Waals surface area contributed by atoms with Gasteiger partial charge in [0.2, 0.25) is 16.3 Å². The first kappa shape index (κ1) is 29.1. The number of hydrazine groups is 2. The van der Waals surface area contributed by atoms with Crippen molar-refractivity contribution in [2.75, 3.05) is 5.01 Å². The van der Waals surface area contributed by atoms with Gasteiger partial charge in [-0.3, -0.25) is 9.55 Å². The smallest absolute Gasteiger partial charge is 0.238 e. The topological polar surface area (TPSA) is 140 Å². The first-order valence-corrected chi connectivity index (χ1v) is 15.6. The predicted octanol–water partition coefficient (Wildman–Crippen LogP) is 5.29. The number of tetrazole rings is 1. The van der Waals surface area contributed by atoms with Crippen molar-refractivity contribution in [3.63, 3.8) is 0 Å². The van der Waals surface area contributed by atoms with Crippen LogP contribution in [0.1, 0.15) is 26.3 Å². The molecule has 0 saturated heterocycles. The molecular formula is C32H27N13S2. The Labute approximate surface area is 279 Å². The second-order valence-electron chi connectivity index (χ2n) is 11.9. The van der Waals surface area contributed by atoms with Gasteiger partial charge in [-0.15, -0.1) is 41.0 Å². The third-order valence-corrected chi connectivity index (χ3v) is 8.51. The normalized spacial score (nSPS) is 13.4. The minimum absolute atomic E-state index is 0.0283. The van der Waals surface area contributed by atoms with Gasteiger partial charge in [-0.05, 0) is 94.2 Å². The van der Waals surface area contributed by atoms with Crippen molar-refractivity contribution < 1.29 is 0 Å². The maximum absolute atomic E-state index is 5.05. The first-order chi connectivity index (χ1) is 22.7. The predicted molar refractivity (Wildman–Crippen MR) is 187 cm³/mol. The summed E-state index contributed by atoms with van der Waals surface area (Å²) < 4.78 is 3.60. The van der Waals surface area contributed by atoms with Crippen LogP contribution in [-0.2, 0) is 5.41 Å². The van der Waals surface area contributed by atoms with Gasteiger partial charge >= 0.3 is 0 Å². The number of nitrogens with zero attached hydrogens (tertiary/aromatic N) is 11. The molecule has 0 bridgehead atoms. The van der Waals surface area contributed by atoms with Crippen LogP contribution >= 0.6 is 25.3 Å². The standard InChI is InChI=1S/C32H27N13S2/c1-32(2,3)20-10-15-24-23(17-20)26-25(5-4-16-33-26)43(24)29-35-27(18-6-11-21(12-7-18)44-30(46)37-39-41-44)34-28(36-29)19-8-13-22(14-9-19)45-31(47)38-40-42-45/h4-17,39,41H,1-3H3,(H,37,46)(H,38,42,47). The lowest BCUT2D eigenvalue weighted by Gasteiger charge is -2.19. The Balaban J connectivity index is 1.31. The summed E-state index contributed by atoms with van der Waals surface area (Å²) in [5, 5.41) is 19.2. The lowest BCUT2D eigenvalue weighted by Crippen LogP contribution is -2.39. The number of thiol groups is 2. The Morgan fingerprint density at radius 2 is 1.47 bits per heavy atom. The van der Waals surface area contributed by atoms with Crippen LogP contribution in [0.15, 0.2) is 95.3 Å². The monoisotopic (exact) mass is 657 g/mol. The number of hydrogen-bond donors (Lipinski definition) is 4. The average Bonchev–Trinajstić information content (AvgIpc) is 3.80. The molecule has 0 spiro atoms. The number of nitrogens with one attached hydrogen (secondary N) is 2. The molecule has 7 aromatic rings. The highest BCUT2D eigenvalue weighted by Crippen LogP contribution is 2.34. The van der Waals surface area contributed by atoms with Crippen LogP contribution in [-0.4, -0.2) is 49.9 Å². The molecule has 5 heterocycles. The second-order valence-corrected chi connectivity index (χ2v) is 12.7. The maximum atomic E-state index is 5.05. The summed E-state index contributed by atoms with van der Waals surface area (Å²) in [5.41, 5.74) is 12.8. The Bertz CT molecular complexity index is 2320. The molecule has 15 heteroatoms. The molecular weight excluding hydrogens is 631 g/mol. The van der Waals surface area contributed by atoms with Gasteiger partial charge in [-0.2, -0.15) is 14.6 Å². The zero-order valence-electron chi connectivity index (χ0n) is 25.4. The van der Waals surface area contributed by atoms with Crippen LogP contribution in [0.4, 0.5) is 5.69 Å². The SMILES string of the molecule is CC(C)(C)c1ccc2c(c1)c1ncccc1n2-c1nc(-c2ccc(N3NNN=C3S)cc2)nc(-c2ccc(-n3nnnc3S)cc2)n1. The van der Waals surface area contributed by atoms with Gasteiger partial charge < -0.3 is 0 Å². The number of fused-ring (bicyclic) bond motifs is 3. The quantitative estimate of drug-likeness (QED) is 0.181. The molecule has 2 N–H and O–H groups in total. The third-order valence-electron chi connectivity index (χ3n) is 7.93. The van der Waals surface area contributed by atoms with Gasteiger partial charge in [-0.1, -0.05) is 26.8 Å². The van der Waals surface area contributed by atoms with Crippen molar-refractivity contribution in [3.8, 4) is 34.4 Å². The van der Waals surface area contributed by atoms with Crippen LogP contribution in [0.5, 0.6) is 0 Å². The molecule has 47 heavy (non-hydrogen) atoms. The van der Waals surface area contributed by atoms with Crippen LogP contribution in [0, 0.1) is 0 Å². The van der Waals surface area contributed by atoms with Gasteiger partial charge in [0, 0.05) is 22.7 Å². The molecule has 0 aliphatic carbocycles. The number of amidine groups is 1. The van der Waals surface area contributed by atoms with E-state index in [4.69, 9.17) is 19.9 Å². The van der Waals surface area contributed by atoms with Crippen molar-refractivity contribution in [1.82, 2.24) is 55.8 Å². The minimum Gasteiger partial charge on any atom is -0.276 e. The third kappa shape index (κ3) is 5.14. The van der Waals surface area contributed by atoms with E-state index in [1.807, 2.05) is 66.9 Å². The fourth-order valence-corrected chi connectivity index (χ4v) is 5.92. The molecule has 8 rings (SSSR count). The molecule has 0 amide bonds. The number of benzene rings is 3. The van der Waals surface area contributed by atoms with Crippen LogP contribution in [0.3, 0.4) is 0 Å². The van der Waals surface area contributed by atoms with E-state index >= 15 is 0 Å². The number of aromatic nitrogens is 9. The van der Waals surface area contributed by atoms with Gasteiger partial charge in [0.15, 0.2) is 11.6 Å². The average molecular weight is 658 g/mol. The zero-order chi connectivity index (χ0) is 32.3. The van der Waals surface area contributed by atoms with E-state index in [0.717, 1.165) is 44.4 Å². The summed E-state index contributed by atoms with van der Waals surface area (Å²) >= 11 is 8.75. The summed E-state index contributed by atoms with van der Waals surface area (Å²) in [5.74, 6) is 1.49. The van der Waals surface area contributed by atoms with Crippen LogP contribution < -0.4 is 16.1 Å². The summed E-state index contributed by atoms with van der Waals surface area (Å²) in [7, 11) is 0. The molecule has 0 radical (unpaired) electrons. The molecule has 0 atom stereocenters. The molecule has 1 aliphatic rings. The van der Waals surface area contributed by atoms with Crippen LogP contribution in [0.2, 0.25) is 0 Å². The van der Waals surface area contributed by atoms with Gasteiger partial charge in [0.25, 0.3) is 0 Å². The lowest BCUT2D eigenvalue weighted by atomic mass is 9.86. The van der Waals surface area contributed by atoms with Crippen LogP contribution in [0.25, 0.3) is 56.3 Å². The number of anilines is 1. The van der Waals surface area contributed by atoms with Gasteiger partial charge in [-0.25, -0.2) is 15.5 Å². The molecule has 1 aliphatic heterocycles. The summed E-state index contributed by atoms with van der Waals surface area (Å²) in [6.07, 6.45) is 1.82. The summed E-state index contributed by atoms with van der Waals surface area (Å²) in [6, 6.07) is 25.9. The Morgan fingerprint density at radius 1 is 0.766 bits per heavy atom. The zero-order valence-corrected chi connectivity index (χ0v) is 27.2. The van der Waals surface area contributed by atoms with Crippen molar-refractivity contribution in [2.24, 2.45) is 5.10 Å². The van der Waals surface area contributed by atoms with E-state index in [1.165, 1.54) is 5.56 Å². The van der Waals surface area contributed by atoms with E-state index in [0.29, 0.717) is 27.9 Å². The number of pyridine rings is 1. The molecule has 0 saturated carbocycles. The Kier molecular flexibility index (Phi) is 6.89. The molecule has 4 aromatic heterocycles. The maximum Gasteiger partial charge on any atom is 0.238 e. The van der Waals surface area contributed by atoms with Gasteiger partial charge in [0.1, 0.15) is 0 Å². The summed E-state index contributed by atoms with van der Waals surface area (Å²) in [4.78, 5) is 19.8. The number of hydrazone groups is 1. The molecule has 0 unspecified atom stereocenters. The van der Waals surface area contributed by atoms with E-state index < -0.39 is 0 Å². The fraction of sp³-hybridized carbons (Fsp3) is 0.125. The Morgan fingerprint density at radius 3 is 2.09 bits per heavy atom. The highest BCUT2D eigenvalue weighted by atomic mass is 32.1. The molecule has 0 fully saturated rings. The summed E-state index contributed by atoms with van der Waals surface area (Å²) in [6.45, 7) is 6.62. The van der Waals surface area contributed by atoms with E-state index in [2.05, 4.69) is 100 Å². The fourth-order valence-electron chi connectivity index (χ4n) is 5.51. The van der Waals surface area contributed by atoms with E-state index in [-0.39, 0.29) is 5.41 Å². The van der Waals surface area contributed by atoms with Gasteiger partial charge in [0.05, 0.1) is 27.9 Å². The van der Waals surface area contributed by atoms with Crippen molar-refractivity contribution in [2.45, 2.75) is 31.3 Å². The second kappa shape index (κ2) is 11.2. The highest BCUT2D eigenvalue weighted by molar-refractivity contribution is 7.97. The number of hydrogen-bond acceptors (Lipinski definition) is 12. The van der Waals surface area contributed by atoms with Crippen molar-refractivity contribution in [3.05, 3.63) is 90.6 Å². The van der Waals surface area contributed by atoms with E-state index in [1.54, 1.807) is 9.69 Å². The first-order valence-electron chi connectivity index (χ1n) is 14.7. The highest BCUT2D eigenvalue weighted by Gasteiger charge is 2.22.